The van der Waals surface area contributed by atoms with E-state index in [4.69, 9.17) is 0 Å². The molecule has 0 amide bonds. The Balaban J connectivity index is 2.99. The van der Waals surface area contributed by atoms with E-state index in [2.05, 4.69) is 6.58 Å². The predicted molar refractivity (Wildman–Crippen MR) is 62.5 cm³/mol. The number of hydrogen-bond acceptors (Lipinski definition) is 2. The Morgan fingerprint density at radius 3 is 2.53 bits per heavy atom. The minimum absolute atomic E-state index is 0.201. The van der Waals surface area contributed by atoms with Gasteiger partial charge < -0.3 is 10.2 Å². The second kappa shape index (κ2) is 4.11. The Kier molecular flexibility index (Phi) is 3.41. The third-order valence-electron chi connectivity index (χ3n) is 3.47. The van der Waals surface area contributed by atoms with E-state index in [1.165, 1.54) is 0 Å². The lowest BCUT2D eigenvalue weighted by Gasteiger charge is -2.46. The van der Waals surface area contributed by atoms with Crippen molar-refractivity contribution in [1.82, 2.24) is 0 Å². The van der Waals surface area contributed by atoms with Crippen LogP contribution in [0.3, 0.4) is 0 Å². The summed E-state index contributed by atoms with van der Waals surface area (Å²) in [6.45, 7) is 9.73. The summed E-state index contributed by atoms with van der Waals surface area (Å²) >= 11 is 0. The van der Waals surface area contributed by atoms with E-state index in [-0.39, 0.29) is 5.41 Å². The van der Waals surface area contributed by atoms with Crippen LogP contribution in [0.2, 0.25) is 0 Å². The zero-order valence-electron chi connectivity index (χ0n) is 9.95. The molecular weight excluding hydrogens is 188 g/mol. The zero-order valence-corrected chi connectivity index (χ0v) is 9.95. The summed E-state index contributed by atoms with van der Waals surface area (Å²) in [5.41, 5.74) is -0.314. The van der Waals surface area contributed by atoms with Crippen LogP contribution in [-0.2, 0) is 0 Å². The Morgan fingerprint density at radius 1 is 1.47 bits per heavy atom. The molecule has 1 saturated carbocycles. The molecule has 86 valence electrons. The zero-order chi connectivity index (χ0) is 11.7. The maximum Gasteiger partial charge on any atom is 0.109 e. The van der Waals surface area contributed by atoms with E-state index in [0.29, 0.717) is 0 Å². The molecule has 2 N–H and O–H groups in total. The second-order valence-corrected chi connectivity index (χ2v) is 5.21. The van der Waals surface area contributed by atoms with Crippen molar-refractivity contribution < 1.29 is 10.2 Å². The molecule has 0 aromatic rings. The molecule has 1 aliphatic carbocycles. The first-order chi connectivity index (χ1) is 6.79. The molecule has 0 saturated heterocycles. The fraction of sp³-hybridized carbons (Fsp3) is 0.692. The first kappa shape index (κ1) is 12.5. The molecule has 1 rings (SSSR count). The fourth-order valence-electron chi connectivity index (χ4n) is 2.23. The van der Waals surface area contributed by atoms with Crippen molar-refractivity contribution >= 4 is 0 Å². The van der Waals surface area contributed by atoms with Gasteiger partial charge in [0.25, 0.3) is 0 Å². The van der Waals surface area contributed by atoms with E-state index in [1.807, 2.05) is 13.8 Å². The van der Waals surface area contributed by atoms with Gasteiger partial charge in [-0.05, 0) is 37.8 Å². The summed E-state index contributed by atoms with van der Waals surface area (Å²) in [6.07, 6.45) is 5.74. The molecule has 0 aliphatic heterocycles. The highest BCUT2D eigenvalue weighted by Crippen LogP contribution is 2.47. The molecule has 1 aliphatic rings. The van der Waals surface area contributed by atoms with Gasteiger partial charge >= 0.3 is 0 Å². The van der Waals surface area contributed by atoms with Crippen molar-refractivity contribution in [2.24, 2.45) is 5.41 Å². The van der Waals surface area contributed by atoms with Crippen LogP contribution in [-0.4, -0.2) is 21.9 Å². The second-order valence-electron chi connectivity index (χ2n) is 5.21. The quantitative estimate of drug-likeness (QED) is 0.687. The van der Waals surface area contributed by atoms with Crippen LogP contribution in [0, 0.1) is 5.41 Å². The Hall–Kier alpha value is -0.600. The third kappa shape index (κ3) is 2.32. The maximum atomic E-state index is 10.6. The molecule has 0 heterocycles. The van der Waals surface area contributed by atoms with Gasteiger partial charge in [0.2, 0.25) is 0 Å². The molecule has 0 radical (unpaired) electrons. The topological polar surface area (TPSA) is 40.5 Å². The van der Waals surface area contributed by atoms with Gasteiger partial charge in [-0.3, -0.25) is 0 Å². The monoisotopic (exact) mass is 210 g/mol. The molecule has 0 bridgehead atoms. The lowest BCUT2D eigenvalue weighted by molar-refractivity contribution is -0.0155. The predicted octanol–water partition coefficient (Wildman–Crippen LogP) is 2.42. The fourth-order valence-corrected chi connectivity index (χ4v) is 2.23. The van der Waals surface area contributed by atoms with Gasteiger partial charge in [0.05, 0.1) is 6.10 Å². The van der Waals surface area contributed by atoms with Gasteiger partial charge in [-0.2, -0.15) is 0 Å². The number of rotatable bonds is 2. The summed E-state index contributed by atoms with van der Waals surface area (Å²) in [5.74, 6) is 0. The molecule has 0 aromatic heterocycles. The summed E-state index contributed by atoms with van der Waals surface area (Å²) in [7, 11) is 0. The van der Waals surface area contributed by atoms with Crippen LogP contribution < -0.4 is 0 Å². The highest BCUT2D eigenvalue weighted by Gasteiger charge is 2.45. The normalized spacial score (nSPS) is 33.3. The minimum atomic E-state index is -0.970. The third-order valence-corrected chi connectivity index (χ3v) is 3.47. The SMILES string of the molecule is C=C1CCCC(C)(C)[C@@]1(O)/C=C/[C@@H](C)O. The van der Waals surface area contributed by atoms with Crippen molar-refractivity contribution in [3.8, 4) is 0 Å². The number of aliphatic hydroxyl groups excluding tert-OH is 1. The standard InChI is InChI=1S/C13H22O2/c1-10-6-5-8-12(3,4)13(10,15)9-7-11(2)14/h7,9,11,14-15H,1,5-6,8H2,2-4H3/b9-7+/t11-,13-/m1/s1. The lowest BCUT2D eigenvalue weighted by Crippen LogP contribution is -2.47. The number of aliphatic hydroxyl groups is 2. The smallest absolute Gasteiger partial charge is 0.109 e. The van der Waals surface area contributed by atoms with E-state index < -0.39 is 11.7 Å². The highest BCUT2D eigenvalue weighted by molar-refractivity contribution is 5.29. The largest absolute Gasteiger partial charge is 0.389 e. The first-order valence-electron chi connectivity index (χ1n) is 5.58. The summed E-state index contributed by atoms with van der Waals surface area (Å²) in [6, 6.07) is 0. The Morgan fingerprint density at radius 2 is 2.07 bits per heavy atom. The van der Waals surface area contributed by atoms with Gasteiger partial charge in [-0.1, -0.05) is 26.5 Å². The van der Waals surface area contributed by atoms with Crippen molar-refractivity contribution in [3.63, 3.8) is 0 Å². The van der Waals surface area contributed by atoms with Gasteiger partial charge in [-0.15, -0.1) is 0 Å². The van der Waals surface area contributed by atoms with Crippen LogP contribution in [0.5, 0.6) is 0 Å². The average molecular weight is 210 g/mol. The van der Waals surface area contributed by atoms with Crippen molar-refractivity contribution in [3.05, 3.63) is 24.3 Å². The van der Waals surface area contributed by atoms with Gasteiger partial charge in [0, 0.05) is 5.41 Å². The molecule has 1 fully saturated rings. The van der Waals surface area contributed by atoms with Gasteiger partial charge in [-0.25, -0.2) is 0 Å². The molecule has 2 heteroatoms. The molecular formula is C13H22O2. The first-order valence-corrected chi connectivity index (χ1v) is 5.58. The number of hydrogen-bond donors (Lipinski definition) is 2. The minimum Gasteiger partial charge on any atom is -0.389 e. The van der Waals surface area contributed by atoms with Crippen LogP contribution in [0.15, 0.2) is 24.3 Å². The Bertz CT molecular complexity index is 276. The van der Waals surface area contributed by atoms with Crippen molar-refractivity contribution in [2.75, 3.05) is 0 Å². The van der Waals surface area contributed by atoms with E-state index in [9.17, 15) is 10.2 Å². The van der Waals surface area contributed by atoms with Crippen LogP contribution in [0.25, 0.3) is 0 Å². The molecule has 2 atom stereocenters. The van der Waals surface area contributed by atoms with Crippen LogP contribution in [0.4, 0.5) is 0 Å². The van der Waals surface area contributed by atoms with E-state index in [0.717, 1.165) is 24.8 Å². The van der Waals surface area contributed by atoms with E-state index >= 15 is 0 Å². The van der Waals surface area contributed by atoms with Crippen molar-refractivity contribution in [2.45, 2.75) is 51.7 Å². The Labute approximate surface area is 92.3 Å². The summed E-state index contributed by atoms with van der Waals surface area (Å²) in [4.78, 5) is 0. The van der Waals surface area contributed by atoms with Gasteiger partial charge in [0.1, 0.15) is 5.60 Å². The lowest BCUT2D eigenvalue weighted by atomic mass is 9.63. The molecule has 0 aromatic carbocycles. The highest BCUT2D eigenvalue weighted by atomic mass is 16.3. The maximum absolute atomic E-state index is 10.6. The molecule has 0 unspecified atom stereocenters. The van der Waals surface area contributed by atoms with Crippen LogP contribution in [0.1, 0.15) is 40.0 Å². The molecule has 0 spiro atoms. The summed E-state index contributed by atoms with van der Waals surface area (Å²) < 4.78 is 0. The summed E-state index contributed by atoms with van der Waals surface area (Å²) in [5, 5.41) is 19.8. The molecule has 2 nitrogen and oxygen atoms in total. The molecule has 15 heavy (non-hydrogen) atoms. The van der Waals surface area contributed by atoms with E-state index in [1.54, 1.807) is 19.1 Å². The van der Waals surface area contributed by atoms with Crippen LogP contribution >= 0.6 is 0 Å². The van der Waals surface area contributed by atoms with Crippen molar-refractivity contribution in [1.29, 1.82) is 0 Å². The average Bonchev–Trinajstić information content (AvgIpc) is 2.11. The van der Waals surface area contributed by atoms with Gasteiger partial charge in [0.15, 0.2) is 0 Å².